The minimum absolute atomic E-state index is 0.0472. The number of benzene rings is 2. The standard InChI is InChI=1S/C22H21N3O2/c1-25(2)21(13-10-18(14-23)15-24)20-6-4-5-7-22(20)27-16-17-8-11-19(26-3)12-9-17/h4-13H,16H2,1-3H3/b21-13-. The summed E-state index contributed by atoms with van der Waals surface area (Å²) in [5.74, 6) is 1.52. The van der Waals surface area contributed by atoms with Crippen molar-refractivity contribution in [2.24, 2.45) is 0 Å². The first-order valence-electron chi connectivity index (χ1n) is 8.33. The highest BCUT2D eigenvalue weighted by Gasteiger charge is 2.10. The fourth-order valence-corrected chi connectivity index (χ4v) is 2.43. The molecule has 0 N–H and O–H groups in total. The number of ether oxygens (including phenoxy) is 2. The van der Waals surface area contributed by atoms with Gasteiger partial charge in [-0.05, 0) is 42.0 Å². The molecular weight excluding hydrogens is 338 g/mol. The third kappa shape index (κ3) is 5.39. The fraction of sp³-hybridized carbons (Fsp3) is 0.182. The molecule has 0 aromatic heterocycles. The molecule has 0 radical (unpaired) electrons. The van der Waals surface area contributed by atoms with Crippen LogP contribution in [0.1, 0.15) is 11.1 Å². The van der Waals surface area contributed by atoms with Crippen molar-refractivity contribution >= 4 is 5.70 Å². The zero-order valence-corrected chi connectivity index (χ0v) is 15.6. The molecule has 2 rings (SSSR count). The summed E-state index contributed by atoms with van der Waals surface area (Å²) >= 11 is 0. The Morgan fingerprint density at radius 1 is 1.00 bits per heavy atom. The molecule has 0 bridgehead atoms. The van der Waals surface area contributed by atoms with Crippen LogP contribution in [0.5, 0.6) is 11.5 Å². The van der Waals surface area contributed by atoms with Crippen molar-refractivity contribution in [1.82, 2.24) is 4.90 Å². The number of nitrogens with zero attached hydrogens (tertiary/aromatic N) is 3. The van der Waals surface area contributed by atoms with E-state index in [0.717, 1.165) is 28.3 Å². The molecular formula is C22H21N3O2. The van der Waals surface area contributed by atoms with Crippen molar-refractivity contribution in [3.05, 3.63) is 77.4 Å². The van der Waals surface area contributed by atoms with Crippen molar-refractivity contribution < 1.29 is 9.47 Å². The van der Waals surface area contributed by atoms with Crippen LogP contribution in [0.2, 0.25) is 0 Å². The van der Waals surface area contributed by atoms with Crippen LogP contribution in [-0.4, -0.2) is 26.1 Å². The predicted molar refractivity (Wildman–Crippen MR) is 105 cm³/mol. The quantitative estimate of drug-likeness (QED) is 0.549. The molecule has 2 aromatic carbocycles. The van der Waals surface area contributed by atoms with E-state index in [0.29, 0.717) is 6.61 Å². The van der Waals surface area contributed by atoms with Gasteiger partial charge in [-0.1, -0.05) is 24.3 Å². The molecule has 0 aliphatic rings. The van der Waals surface area contributed by atoms with Crippen LogP contribution in [0.3, 0.4) is 0 Å². The van der Waals surface area contributed by atoms with Crippen molar-refractivity contribution in [2.75, 3.05) is 21.2 Å². The summed E-state index contributed by atoms with van der Waals surface area (Å²) in [4.78, 5) is 1.92. The van der Waals surface area contributed by atoms with Gasteiger partial charge in [-0.3, -0.25) is 0 Å². The Morgan fingerprint density at radius 2 is 1.67 bits per heavy atom. The Hall–Kier alpha value is -3.70. The Morgan fingerprint density at radius 3 is 2.26 bits per heavy atom. The Labute approximate surface area is 160 Å². The van der Waals surface area contributed by atoms with Crippen LogP contribution < -0.4 is 9.47 Å². The van der Waals surface area contributed by atoms with Gasteiger partial charge in [-0.25, -0.2) is 0 Å². The van der Waals surface area contributed by atoms with Crippen LogP contribution in [0.25, 0.3) is 5.70 Å². The molecule has 0 unspecified atom stereocenters. The second-order valence-electron chi connectivity index (χ2n) is 5.88. The van der Waals surface area contributed by atoms with Crippen molar-refractivity contribution in [1.29, 1.82) is 10.5 Å². The minimum atomic E-state index is 0.0472. The molecule has 0 fully saturated rings. The summed E-state index contributed by atoms with van der Waals surface area (Å²) in [5.41, 5.74) is 2.79. The van der Waals surface area contributed by atoms with Gasteiger partial charge in [0.05, 0.1) is 7.11 Å². The number of hydrogen-bond donors (Lipinski definition) is 0. The first kappa shape index (κ1) is 19.6. The molecule has 0 spiro atoms. The van der Waals surface area contributed by atoms with E-state index in [9.17, 15) is 0 Å². The highest BCUT2D eigenvalue weighted by atomic mass is 16.5. The van der Waals surface area contributed by atoms with Crippen LogP contribution in [0, 0.1) is 22.7 Å². The van der Waals surface area contributed by atoms with Gasteiger partial charge in [0, 0.05) is 25.4 Å². The van der Waals surface area contributed by atoms with E-state index in [-0.39, 0.29) is 5.57 Å². The highest BCUT2D eigenvalue weighted by Crippen LogP contribution is 2.28. The lowest BCUT2D eigenvalue weighted by molar-refractivity contribution is 0.304. The summed E-state index contributed by atoms with van der Waals surface area (Å²) in [6, 6.07) is 19.1. The molecule has 0 saturated heterocycles. The lowest BCUT2D eigenvalue weighted by Gasteiger charge is -2.20. The maximum absolute atomic E-state index is 8.93. The minimum Gasteiger partial charge on any atom is -0.497 e. The first-order valence-corrected chi connectivity index (χ1v) is 8.33. The van der Waals surface area contributed by atoms with Crippen molar-refractivity contribution in [3.63, 3.8) is 0 Å². The van der Waals surface area contributed by atoms with Gasteiger partial charge >= 0.3 is 0 Å². The van der Waals surface area contributed by atoms with Gasteiger partial charge in [0.25, 0.3) is 0 Å². The van der Waals surface area contributed by atoms with E-state index >= 15 is 0 Å². The number of allylic oxidation sites excluding steroid dienone is 3. The monoisotopic (exact) mass is 359 g/mol. The average molecular weight is 359 g/mol. The molecule has 0 saturated carbocycles. The SMILES string of the molecule is COc1ccc(COc2ccccc2/C(=C/C=C(C#N)C#N)N(C)C)cc1. The molecule has 0 amide bonds. The van der Waals surface area contributed by atoms with E-state index in [2.05, 4.69) is 0 Å². The number of nitriles is 2. The van der Waals surface area contributed by atoms with Gasteiger partial charge in [0.1, 0.15) is 35.8 Å². The van der Waals surface area contributed by atoms with Gasteiger partial charge in [-0.2, -0.15) is 10.5 Å². The van der Waals surface area contributed by atoms with Crippen molar-refractivity contribution in [3.8, 4) is 23.6 Å². The summed E-state index contributed by atoms with van der Waals surface area (Å²) in [5, 5.41) is 17.9. The first-order chi connectivity index (χ1) is 13.1. The number of methoxy groups -OCH3 is 1. The molecule has 0 aliphatic heterocycles. The topological polar surface area (TPSA) is 69.3 Å². The summed E-state index contributed by atoms with van der Waals surface area (Å²) in [7, 11) is 5.44. The van der Waals surface area contributed by atoms with E-state index in [1.54, 1.807) is 13.2 Å². The highest BCUT2D eigenvalue weighted by molar-refractivity contribution is 5.70. The Bertz CT molecular complexity index is 898. The average Bonchev–Trinajstić information content (AvgIpc) is 2.70. The Kier molecular flexibility index (Phi) is 7.05. The zero-order valence-electron chi connectivity index (χ0n) is 15.6. The largest absolute Gasteiger partial charge is 0.497 e. The maximum Gasteiger partial charge on any atom is 0.129 e. The molecule has 5 nitrogen and oxygen atoms in total. The summed E-state index contributed by atoms with van der Waals surface area (Å²) in [6.07, 6.45) is 3.26. The number of hydrogen-bond acceptors (Lipinski definition) is 5. The lowest BCUT2D eigenvalue weighted by atomic mass is 10.1. The van der Waals surface area contributed by atoms with E-state index in [1.165, 1.54) is 6.08 Å². The third-order valence-electron chi connectivity index (χ3n) is 3.85. The molecule has 0 atom stereocenters. The molecule has 5 heteroatoms. The van der Waals surface area contributed by atoms with Crippen LogP contribution in [-0.2, 0) is 6.61 Å². The van der Waals surface area contributed by atoms with Gasteiger partial charge in [0.2, 0.25) is 0 Å². The third-order valence-corrected chi connectivity index (χ3v) is 3.85. The predicted octanol–water partition coefficient (Wildman–Crippen LogP) is 4.15. The number of para-hydroxylation sites is 1. The Balaban J connectivity index is 2.29. The zero-order chi connectivity index (χ0) is 19.6. The van der Waals surface area contributed by atoms with Crippen LogP contribution >= 0.6 is 0 Å². The van der Waals surface area contributed by atoms with Gasteiger partial charge < -0.3 is 14.4 Å². The normalized spacial score (nSPS) is 10.3. The van der Waals surface area contributed by atoms with Gasteiger partial charge in [0.15, 0.2) is 0 Å². The maximum atomic E-state index is 8.93. The molecule has 0 aliphatic carbocycles. The summed E-state index contributed by atoms with van der Waals surface area (Å²) in [6.45, 7) is 0.416. The molecule has 27 heavy (non-hydrogen) atoms. The van der Waals surface area contributed by atoms with Crippen molar-refractivity contribution in [2.45, 2.75) is 6.61 Å². The van der Waals surface area contributed by atoms with E-state index < -0.39 is 0 Å². The number of rotatable bonds is 7. The van der Waals surface area contributed by atoms with Crippen LogP contribution in [0.4, 0.5) is 0 Å². The summed E-state index contributed by atoms with van der Waals surface area (Å²) < 4.78 is 11.2. The second kappa shape index (κ2) is 9.70. The van der Waals surface area contributed by atoms with E-state index in [4.69, 9.17) is 20.0 Å². The second-order valence-corrected chi connectivity index (χ2v) is 5.88. The lowest BCUT2D eigenvalue weighted by Crippen LogP contribution is -2.11. The molecule has 136 valence electrons. The van der Waals surface area contributed by atoms with E-state index in [1.807, 2.05) is 79.7 Å². The molecule has 2 aromatic rings. The smallest absolute Gasteiger partial charge is 0.129 e. The molecule has 0 heterocycles. The van der Waals surface area contributed by atoms with Crippen LogP contribution in [0.15, 0.2) is 66.3 Å². The fourth-order valence-electron chi connectivity index (χ4n) is 2.43. The van der Waals surface area contributed by atoms with Gasteiger partial charge in [-0.15, -0.1) is 0 Å².